The van der Waals surface area contributed by atoms with Crippen molar-refractivity contribution in [1.29, 1.82) is 0 Å². The maximum atomic E-state index is 6.55. The van der Waals surface area contributed by atoms with Gasteiger partial charge in [0, 0.05) is 27.5 Å². The molecule has 0 fully saturated rings. The van der Waals surface area contributed by atoms with Crippen LogP contribution in [-0.2, 0) is 0 Å². The van der Waals surface area contributed by atoms with Crippen molar-refractivity contribution in [2.24, 2.45) is 9.98 Å². The molecule has 0 saturated heterocycles. The Morgan fingerprint density at radius 1 is 0.396 bits per heavy atom. The lowest BCUT2D eigenvalue weighted by Crippen LogP contribution is -2.36. The van der Waals surface area contributed by atoms with Crippen LogP contribution >= 0.6 is 0 Å². The third-order valence-corrected chi connectivity index (χ3v) is 10.1. The van der Waals surface area contributed by atoms with Gasteiger partial charge >= 0.3 is 0 Å². The Morgan fingerprint density at radius 2 is 0.906 bits per heavy atom. The lowest BCUT2D eigenvalue weighted by molar-refractivity contribution is 0.665. The minimum atomic E-state index is -0.513. The quantitative estimate of drug-likeness (QED) is 0.190. The summed E-state index contributed by atoms with van der Waals surface area (Å²) in [6.45, 7) is 0. The fraction of sp³-hybridized carbons (Fsp3) is 0.0204. The molecule has 8 aromatic carbocycles. The molecule has 0 unspecified atom stereocenters. The van der Waals surface area contributed by atoms with E-state index in [2.05, 4.69) is 169 Å². The first-order valence-electron chi connectivity index (χ1n) is 17.9. The zero-order valence-corrected chi connectivity index (χ0v) is 28.8. The molecule has 0 aliphatic carbocycles. The van der Waals surface area contributed by atoms with E-state index in [0.29, 0.717) is 0 Å². The van der Waals surface area contributed by atoms with Crippen molar-refractivity contribution >= 4 is 44.4 Å². The topological polar surface area (TPSA) is 49.9 Å². The molecule has 4 nitrogen and oxygen atoms in total. The highest BCUT2D eigenvalue weighted by Crippen LogP contribution is 2.41. The minimum absolute atomic E-state index is 0.513. The number of benzene rings is 8. The number of aliphatic imine (C=N–C) groups is 2. The second-order valence-electron chi connectivity index (χ2n) is 13.4. The van der Waals surface area contributed by atoms with E-state index in [1.54, 1.807) is 0 Å². The largest absolute Gasteiger partial charge is 0.456 e. The van der Waals surface area contributed by atoms with Crippen LogP contribution < -0.4 is 5.32 Å². The van der Waals surface area contributed by atoms with E-state index in [-0.39, 0.29) is 0 Å². The van der Waals surface area contributed by atoms with Crippen LogP contribution in [0, 0.1) is 0 Å². The number of amidine groups is 2. The smallest absolute Gasteiger partial charge is 0.169 e. The summed E-state index contributed by atoms with van der Waals surface area (Å²) < 4.78 is 6.55. The molecule has 1 aliphatic heterocycles. The van der Waals surface area contributed by atoms with Crippen molar-refractivity contribution in [3.63, 3.8) is 0 Å². The molecule has 0 saturated carbocycles. The molecule has 0 radical (unpaired) electrons. The summed E-state index contributed by atoms with van der Waals surface area (Å²) in [6, 6.07) is 65.8. The van der Waals surface area contributed by atoms with Gasteiger partial charge in [-0.3, -0.25) is 0 Å². The summed E-state index contributed by atoms with van der Waals surface area (Å²) in [5.41, 5.74) is 11.5. The highest BCUT2D eigenvalue weighted by molar-refractivity contribution is 6.16. The van der Waals surface area contributed by atoms with Gasteiger partial charge in [0.2, 0.25) is 0 Å². The molecule has 1 aromatic heterocycles. The number of para-hydroxylation sites is 1. The van der Waals surface area contributed by atoms with E-state index in [0.717, 1.165) is 72.6 Å². The van der Waals surface area contributed by atoms with Gasteiger partial charge in [-0.25, -0.2) is 9.98 Å². The summed E-state index contributed by atoms with van der Waals surface area (Å²) in [6.07, 6.45) is -0.513. The number of rotatable bonds is 6. The molecule has 0 atom stereocenters. The summed E-state index contributed by atoms with van der Waals surface area (Å²) in [4.78, 5) is 10.6. The zero-order chi connectivity index (χ0) is 35.1. The molecule has 0 spiro atoms. The lowest BCUT2D eigenvalue weighted by Gasteiger charge is -2.23. The van der Waals surface area contributed by atoms with Crippen LogP contribution in [-0.4, -0.2) is 11.7 Å². The number of nitrogens with one attached hydrogen (secondary N) is 1. The first-order valence-corrected chi connectivity index (χ1v) is 17.9. The van der Waals surface area contributed by atoms with Crippen LogP contribution in [0.3, 0.4) is 0 Å². The third-order valence-electron chi connectivity index (χ3n) is 10.1. The summed E-state index contributed by atoms with van der Waals surface area (Å²) in [7, 11) is 0. The van der Waals surface area contributed by atoms with Gasteiger partial charge in [0.1, 0.15) is 22.8 Å². The van der Waals surface area contributed by atoms with Crippen molar-refractivity contribution < 1.29 is 4.42 Å². The summed E-state index contributed by atoms with van der Waals surface area (Å²) in [5.74, 6) is 1.53. The van der Waals surface area contributed by atoms with Crippen molar-refractivity contribution in [3.05, 3.63) is 205 Å². The molecular formula is C49H33N3O. The fourth-order valence-corrected chi connectivity index (χ4v) is 7.40. The molecule has 2 heterocycles. The average molecular weight is 680 g/mol. The average Bonchev–Trinajstić information content (AvgIpc) is 3.62. The van der Waals surface area contributed by atoms with Gasteiger partial charge in [0.15, 0.2) is 6.17 Å². The molecule has 53 heavy (non-hydrogen) atoms. The van der Waals surface area contributed by atoms with Crippen LogP contribution in [0.4, 0.5) is 0 Å². The minimum Gasteiger partial charge on any atom is -0.456 e. The van der Waals surface area contributed by atoms with E-state index in [9.17, 15) is 0 Å². The van der Waals surface area contributed by atoms with Gasteiger partial charge in [0.25, 0.3) is 0 Å². The Balaban J connectivity index is 1.13. The molecule has 4 heteroatoms. The van der Waals surface area contributed by atoms with Gasteiger partial charge < -0.3 is 9.73 Å². The van der Waals surface area contributed by atoms with E-state index >= 15 is 0 Å². The Morgan fingerprint density at radius 3 is 1.55 bits per heavy atom. The van der Waals surface area contributed by atoms with Crippen LogP contribution in [0.25, 0.3) is 66.1 Å². The normalized spacial score (nSPS) is 13.2. The van der Waals surface area contributed by atoms with Crippen LogP contribution in [0.2, 0.25) is 0 Å². The van der Waals surface area contributed by atoms with Crippen LogP contribution in [0.5, 0.6) is 0 Å². The van der Waals surface area contributed by atoms with Gasteiger partial charge in [-0.05, 0) is 68.4 Å². The lowest BCUT2D eigenvalue weighted by atomic mass is 9.94. The first kappa shape index (κ1) is 30.8. The van der Waals surface area contributed by atoms with E-state index in [1.165, 1.54) is 21.9 Å². The van der Waals surface area contributed by atoms with Crippen molar-refractivity contribution in [3.8, 4) is 33.4 Å². The van der Waals surface area contributed by atoms with E-state index in [1.807, 2.05) is 24.3 Å². The predicted octanol–water partition coefficient (Wildman–Crippen LogP) is 12.2. The van der Waals surface area contributed by atoms with Crippen molar-refractivity contribution in [2.75, 3.05) is 0 Å². The number of nitrogens with zero attached hydrogens (tertiary/aromatic N) is 2. The van der Waals surface area contributed by atoms with Crippen molar-refractivity contribution in [2.45, 2.75) is 6.17 Å². The summed E-state index contributed by atoms with van der Waals surface area (Å²) >= 11 is 0. The van der Waals surface area contributed by atoms with E-state index < -0.39 is 6.17 Å². The number of hydrogen-bond donors (Lipinski definition) is 1. The number of hydrogen-bond acceptors (Lipinski definition) is 4. The predicted molar refractivity (Wildman–Crippen MR) is 219 cm³/mol. The summed E-state index contributed by atoms with van der Waals surface area (Å²) in [5, 5.41) is 8.19. The molecular weight excluding hydrogens is 647 g/mol. The van der Waals surface area contributed by atoms with Gasteiger partial charge in [0.05, 0.1) is 0 Å². The SMILES string of the molecule is c1ccc(-c2ccc(C3=NC(c4cc(-c5ccc6ccccc6c5)c5c(c4)oc4ccccc45)N=C(c4ccc(-c5ccccc5)cc4)N3)cc2)cc1. The third kappa shape index (κ3) is 5.77. The monoisotopic (exact) mass is 679 g/mol. The molecule has 0 bridgehead atoms. The molecule has 1 N–H and O–H groups in total. The number of furan rings is 1. The second-order valence-corrected chi connectivity index (χ2v) is 13.4. The van der Waals surface area contributed by atoms with Gasteiger partial charge in [-0.15, -0.1) is 0 Å². The number of fused-ring (bicyclic) bond motifs is 4. The second kappa shape index (κ2) is 12.9. The Bertz CT molecular complexity index is 2740. The molecule has 250 valence electrons. The maximum Gasteiger partial charge on any atom is 0.169 e. The Hall–Kier alpha value is -7.04. The fourth-order valence-electron chi connectivity index (χ4n) is 7.40. The zero-order valence-electron chi connectivity index (χ0n) is 28.8. The van der Waals surface area contributed by atoms with Crippen LogP contribution in [0.15, 0.2) is 202 Å². The molecule has 1 aliphatic rings. The van der Waals surface area contributed by atoms with E-state index in [4.69, 9.17) is 14.4 Å². The first-order chi connectivity index (χ1) is 26.2. The highest BCUT2D eigenvalue weighted by Gasteiger charge is 2.24. The molecule has 0 amide bonds. The Kier molecular flexibility index (Phi) is 7.51. The highest BCUT2D eigenvalue weighted by atomic mass is 16.3. The maximum absolute atomic E-state index is 6.55. The Labute approximate surface area is 307 Å². The standard InChI is InChI=1S/C49H33N3O/c1-3-11-32(12-4-1)35-19-24-37(25-20-35)47-50-48(38-26-21-36(22-27-38)33-13-5-2-6-14-33)52-49(51-47)41-30-43(40-28-23-34-15-7-8-16-39(34)29-40)46-42-17-9-10-18-44(42)53-45(46)31-41/h1-31,49H,(H,50,51,52). The molecule has 10 rings (SSSR count). The van der Waals surface area contributed by atoms with Crippen molar-refractivity contribution in [1.82, 2.24) is 5.32 Å². The van der Waals surface area contributed by atoms with Gasteiger partial charge in [-0.1, -0.05) is 164 Å². The molecule has 9 aromatic rings. The van der Waals surface area contributed by atoms with Gasteiger partial charge in [-0.2, -0.15) is 0 Å². The van der Waals surface area contributed by atoms with Crippen LogP contribution in [0.1, 0.15) is 22.9 Å².